The number of ether oxygens (including phenoxy) is 4. The first-order valence-corrected chi connectivity index (χ1v) is 13.9. The number of halogens is 1. The number of nitrogens with zero attached hydrogens (tertiary/aromatic N) is 4. The van der Waals surface area contributed by atoms with Gasteiger partial charge < -0.3 is 18.9 Å². The summed E-state index contributed by atoms with van der Waals surface area (Å²) in [6, 6.07) is 30.2. The van der Waals surface area contributed by atoms with Crippen LogP contribution in [0.1, 0.15) is 29.8 Å². The Morgan fingerprint density at radius 1 is 0.805 bits per heavy atom. The van der Waals surface area contributed by atoms with Crippen LogP contribution in [-0.4, -0.2) is 43.9 Å². The van der Waals surface area contributed by atoms with Crippen molar-refractivity contribution in [3.8, 4) is 0 Å². The number of benzene rings is 3. The number of rotatable bonds is 11. The van der Waals surface area contributed by atoms with Crippen molar-refractivity contribution in [1.29, 1.82) is 0 Å². The standard InChI is InChI=1S/C32H31ClN4O4/c1-32(40-19-25-15-9-4-10-16-25)28(39-18-24-13-7-3-8-14-24)26(20-38-17-23-11-5-2-6-12-23)41-31(32)37-22-36-27-29(33)34-21-35-30(27)37/h2-16,21-22,26,28,31H,17-20H2,1H3/t26-,28-,31-,32-/m1/s1. The topological polar surface area (TPSA) is 80.5 Å². The van der Waals surface area contributed by atoms with Gasteiger partial charge in [0.05, 0.1) is 32.8 Å². The van der Waals surface area contributed by atoms with Crippen LogP contribution in [0.3, 0.4) is 0 Å². The average molecular weight is 571 g/mol. The second-order valence-corrected chi connectivity index (χ2v) is 10.5. The molecule has 6 rings (SSSR count). The molecular formula is C32H31ClN4O4. The Morgan fingerprint density at radius 3 is 2.07 bits per heavy atom. The number of hydrogen-bond donors (Lipinski definition) is 0. The summed E-state index contributed by atoms with van der Waals surface area (Å²) in [5.74, 6) is 0. The second kappa shape index (κ2) is 12.5. The summed E-state index contributed by atoms with van der Waals surface area (Å²) >= 11 is 6.35. The van der Waals surface area contributed by atoms with Crippen LogP contribution in [0.5, 0.6) is 0 Å². The Labute approximate surface area is 243 Å². The lowest BCUT2D eigenvalue weighted by atomic mass is 9.95. The molecule has 5 aromatic rings. The molecule has 0 radical (unpaired) electrons. The van der Waals surface area contributed by atoms with Crippen molar-refractivity contribution in [2.24, 2.45) is 0 Å². The van der Waals surface area contributed by atoms with Crippen LogP contribution in [-0.2, 0) is 38.8 Å². The van der Waals surface area contributed by atoms with Crippen molar-refractivity contribution in [2.45, 2.75) is 50.8 Å². The summed E-state index contributed by atoms with van der Waals surface area (Å²) in [6.07, 6.45) is 1.53. The summed E-state index contributed by atoms with van der Waals surface area (Å²) in [4.78, 5) is 13.0. The molecule has 3 aromatic carbocycles. The Balaban J connectivity index is 1.34. The van der Waals surface area contributed by atoms with Gasteiger partial charge in [0.2, 0.25) is 0 Å². The number of fused-ring (bicyclic) bond motifs is 1. The minimum Gasteiger partial charge on any atom is -0.374 e. The molecule has 9 heteroatoms. The Hall–Kier alpha value is -3.66. The molecule has 0 amide bonds. The van der Waals surface area contributed by atoms with Crippen LogP contribution in [0.15, 0.2) is 104 Å². The molecular weight excluding hydrogens is 540 g/mol. The minimum absolute atomic E-state index is 0.276. The fourth-order valence-electron chi connectivity index (χ4n) is 5.21. The van der Waals surface area contributed by atoms with E-state index in [1.165, 1.54) is 6.33 Å². The molecule has 0 N–H and O–H groups in total. The van der Waals surface area contributed by atoms with E-state index in [-0.39, 0.29) is 5.15 Å². The van der Waals surface area contributed by atoms with Crippen LogP contribution in [0, 0.1) is 0 Å². The van der Waals surface area contributed by atoms with Crippen LogP contribution in [0.2, 0.25) is 5.15 Å². The van der Waals surface area contributed by atoms with Gasteiger partial charge in [0.25, 0.3) is 0 Å². The first-order valence-electron chi connectivity index (χ1n) is 13.6. The highest BCUT2D eigenvalue weighted by atomic mass is 35.5. The summed E-state index contributed by atoms with van der Waals surface area (Å²) in [6.45, 7) is 3.52. The number of aromatic nitrogens is 4. The van der Waals surface area contributed by atoms with E-state index < -0.39 is 24.0 Å². The van der Waals surface area contributed by atoms with Gasteiger partial charge in [0.15, 0.2) is 17.0 Å². The third kappa shape index (κ3) is 6.02. The van der Waals surface area contributed by atoms with Gasteiger partial charge in [-0.15, -0.1) is 0 Å². The molecule has 1 saturated heterocycles. The molecule has 8 nitrogen and oxygen atoms in total. The zero-order chi connectivity index (χ0) is 28.1. The Morgan fingerprint density at radius 2 is 1.41 bits per heavy atom. The van der Waals surface area contributed by atoms with E-state index in [1.54, 1.807) is 6.33 Å². The largest absolute Gasteiger partial charge is 0.374 e. The van der Waals surface area contributed by atoms with Crippen LogP contribution >= 0.6 is 11.6 Å². The highest BCUT2D eigenvalue weighted by Gasteiger charge is 2.57. The molecule has 210 valence electrons. The summed E-state index contributed by atoms with van der Waals surface area (Å²) < 4.78 is 28.2. The summed E-state index contributed by atoms with van der Waals surface area (Å²) in [7, 11) is 0. The SMILES string of the molecule is C[C@@]1(OCc2ccccc2)[C@H](OCc2ccccc2)[C@@H](COCc2ccccc2)O[C@H]1n1cnc2c(Cl)ncnc21. The van der Waals surface area contributed by atoms with Gasteiger partial charge in [0.1, 0.15) is 29.7 Å². The van der Waals surface area contributed by atoms with Gasteiger partial charge in [-0.05, 0) is 23.6 Å². The van der Waals surface area contributed by atoms with Crippen molar-refractivity contribution in [3.63, 3.8) is 0 Å². The summed E-state index contributed by atoms with van der Waals surface area (Å²) in [5.41, 5.74) is 3.28. The smallest absolute Gasteiger partial charge is 0.168 e. The lowest BCUT2D eigenvalue weighted by Crippen LogP contribution is -2.48. The Bertz CT molecular complexity index is 1550. The van der Waals surface area contributed by atoms with Crippen molar-refractivity contribution < 1.29 is 18.9 Å². The molecule has 0 unspecified atom stereocenters. The molecule has 1 aliphatic heterocycles. The highest BCUT2D eigenvalue weighted by Crippen LogP contribution is 2.45. The molecule has 41 heavy (non-hydrogen) atoms. The van der Waals surface area contributed by atoms with E-state index >= 15 is 0 Å². The van der Waals surface area contributed by atoms with Crippen LogP contribution in [0.25, 0.3) is 11.2 Å². The van der Waals surface area contributed by atoms with Gasteiger partial charge >= 0.3 is 0 Å². The fourth-order valence-corrected chi connectivity index (χ4v) is 5.39. The molecule has 0 saturated carbocycles. The average Bonchev–Trinajstić information content (AvgIpc) is 3.56. The monoisotopic (exact) mass is 570 g/mol. The van der Waals surface area contributed by atoms with E-state index in [9.17, 15) is 0 Å². The first-order chi connectivity index (χ1) is 20.1. The van der Waals surface area contributed by atoms with Gasteiger partial charge in [-0.1, -0.05) is 103 Å². The lowest BCUT2D eigenvalue weighted by molar-refractivity contribution is -0.160. The predicted molar refractivity (Wildman–Crippen MR) is 155 cm³/mol. The molecule has 1 aliphatic rings. The first kappa shape index (κ1) is 27.5. The van der Waals surface area contributed by atoms with Gasteiger partial charge in [-0.2, -0.15) is 0 Å². The highest BCUT2D eigenvalue weighted by molar-refractivity contribution is 6.33. The maximum Gasteiger partial charge on any atom is 0.168 e. The molecule has 0 bridgehead atoms. The summed E-state index contributed by atoms with van der Waals surface area (Å²) in [5, 5.41) is 0.276. The van der Waals surface area contributed by atoms with Crippen molar-refractivity contribution in [2.75, 3.05) is 6.61 Å². The van der Waals surface area contributed by atoms with Crippen LogP contribution < -0.4 is 0 Å². The van der Waals surface area contributed by atoms with Crippen LogP contribution in [0.4, 0.5) is 0 Å². The third-order valence-corrected chi connectivity index (χ3v) is 7.60. The van der Waals surface area contributed by atoms with Gasteiger partial charge in [0, 0.05) is 0 Å². The second-order valence-electron chi connectivity index (χ2n) is 10.2. The van der Waals surface area contributed by atoms with Crippen molar-refractivity contribution in [1.82, 2.24) is 19.5 Å². The molecule has 2 aromatic heterocycles. The fraction of sp³-hybridized carbons (Fsp3) is 0.281. The molecule has 0 spiro atoms. The molecule has 3 heterocycles. The van der Waals surface area contributed by atoms with E-state index in [0.29, 0.717) is 37.6 Å². The third-order valence-electron chi connectivity index (χ3n) is 7.32. The maximum atomic E-state index is 6.76. The predicted octanol–water partition coefficient (Wildman–Crippen LogP) is 6.15. The van der Waals surface area contributed by atoms with Crippen molar-refractivity contribution >= 4 is 22.8 Å². The normalized spacial score (nSPS) is 22.3. The maximum absolute atomic E-state index is 6.76. The molecule has 0 aliphatic carbocycles. The zero-order valence-corrected chi connectivity index (χ0v) is 23.4. The van der Waals surface area contributed by atoms with E-state index in [2.05, 4.69) is 15.0 Å². The quantitative estimate of drug-likeness (QED) is 0.176. The van der Waals surface area contributed by atoms with E-state index in [0.717, 1.165) is 16.7 Å². The van der Waals surface area contributed by atoms with Crippen molar-refractivity contribution in [3.05, 3.63) is 125 Å². The Kier molecular flexibility index (Phi) is 8.36. The lowest BCUT2D eigenvalue weighted by Gasteiger charge is -2.35. The van der Waals surface area contributed by atoms with Gasteiger partial charge in [-0.25, -0.2) is 15.0 Å². The van der Waals surface area contributed by atoms with E-state index in [4.69, 9.17) is 30.5 Å². The molecule has 4 atom stereocenters. The molecule has 1 fully saturated rings. The minimum atomic E-state index is -0.948. The van der Waals surface area contributed by atoms with Gasteiger partial charge in [-0.3, -0.25) is 4.57 Å². The van der Waals surface area contributed by atoms with E-state index in [1.807, 2.05) is 102 Å². The number of hydrogen-bond acceptors (Lipinski definition) is 7. The number of imidazole rings is 1. The zero-order valence-electron chi connectivity index (χ0n) is 22.7.